The molecule has 1 aromatic carbocycles. The summed E-state index contributed by atoms with van der Waals surface area (Å²) in [5, 5.41) is 12.9. The van der Waals surface area contributed by atoms with Gasteiger partial charge in [0.05, 0.1) is 12.7 Å². The lowest BCUT2D eigenvalue weighted by Gasteiger charge is -2.07. The van der Waals surface area contributed by atoms with Crippen LogP contribution in [0.25, 0.3) is 10.9 Å². The molecule has 2 rings (SSSR count). The average molecular weight is 234 g/mol. The molecule has 0 spiro atoms. The zero-order chi connectivity index (χ0) is 12.1. The first-order valence-electron chi connectivity index (χ1n) is 5.31. The molecule has 0 radical (unpaired) electrons. The summed E-state index contributed by atoms with van der Waals surface area (Å²) in [6.07, 6.45) is 1.74. The quantitative estimate of drug-likeness (QED) is 0.687. The average Bonchev–Trinajstić information content (AvgIpc) is 2.83. The van der Waals surface area contributed by atoms with Crippen LogP contribution in [0.5, 0.6) is 5.75 Å². The fourth-order valence-electron chi connectivity index (χ4n) is 1.48. The van der Waals surface area contributed by atoms with Crippen LogP contribution in [-0.2, 0) is 0 Å². The van der Waals surface area contributed by atoms with Crippen molar-refractivity contribution in [3.05, 3.63) is 24.4 Å². The summed E-state index contributed by atoms with van der Waals surface area (Å²) in [5.41, 5.74) is 0.868. The molecule has 17 heavy (non-hydrogen) atoms. The number of fused-ring (bicyclic) bond motifs is 1. The van der Waals surface area contributed by atoms with Crippen molar-refractivity contribution in [1.29, 1.82) is 0 Å². The van der Waals surface area contributed by atoms with Gasteiger partial charge >= 0.3 is 6.03 Å². The van der Waals surface area contributed by atoms with Gasteiger partial charge in [0.2, 0.25) is 0 Å². The number of carbonyl (C=O) groups is 1. The first kappa shape index (κ1) is 11.3. The van der Waals surface area contributed by atoms with Crippen LogP contribution in [0, 0.1) is 0 Å². The van der Waals surface area contributed by atoms with Crippen LogP contribution >= 0.6 is 0 Å². The fraction of sp³-hybridized carbons (Fsp3) is 0.273. The summed E-state index contributed by atoms with van der Waals surface area (Å²) in [6.45, 7) is 0.857. The normalized spacial score (nSPS) is 10.2. The monoisotopic (exact) mass is 234 g/mol. The number of ether oxygens (including phenoxy) is 1. The highest BCUT2D eigenvalue weighted by atomic mass is 16.5. The number of H-pyrrole nitrogens is 1. The van der Waals surface area contributed by atoms with E-state index in [4.69, 9.17) is 4.74 Å². The molecule has 0 unspecified atom stereocenters. The number of nitrogens with zero attached hydrogens (tertiary/aromatic N) is 1. The number of carbonyl (C=O) groups excluding carboxylic acids is 1. The molecular formula is C11H14N4O2. The van der Waals surface area contributed by atoms with Crippen LogP contribution in [0.2, 0.25) is 0 Å². The molecule has 0 aliphatic carbocycles. The second-order valence-electron chi connectivity index (χ2n) is 3.44. The van der Waals surface area contributed by atoms with E-state index in [-0.39, 0.29) is 6.03 Å². The first-order valence-corrected chi connectivity index (χ1v) is 5.31. The Morgan fingerprint density at radius 2 is 2.41 bits per heavy atom. The molecule has 6 heteroatoms. The molecule has 0 saturated carbocycles. The second-order valence-corrected chi connectivity index (χ2v) is 3.44. The molecule has 6 nitrogen and oxygen atoms in total. The molecule has 3 N–H and O–H groups in total. The number of hydrogen-bond donors (Lipinski definition) is 3. The lowest BCUT2D eigenvalue weighted by atomic mass is 10.2. The number of para-hydroxylation sites is 1. The third kappa shape index (κ3) is 2.66. The topological polar surface area (TPSA) is 79.0 Å². The van der Waals surface area contributed by atoms with Crippen LogP contribution < -0.4 is 15.4 Å². The van der Waals surface area contributed by atoms with Crippen LogP contribution in [0.15, 0.2) is 24.4 Å². The van der Waals surface area contributed by atoms with E-state index in [1.807, 2.05) is 18.2 Å². The van der Waals surface area contributed by atoms with Gasteiger partial charge in [-0.05, 0) is 6.07 Å². The van der Waals surface area contributed by atoms with E-state index >= 15 is 0 Å². The van der Waals surface area contributed by atoms with Gasteiger partial charge in [0.15, 0.2) is 0 Å². The fourth-order valence-corrected chi connectivity index (χ4v) is 1.48. The Morgan fingerprint density at radius 1 is 1.53 bits per heavy atom. The Labute approximate surface area is 98.3 Å². The zero-order valence-electron chi connectivity index (χ0n) is 9.49. The first-order chi connectivity index (χ1) is 8.31. The molecule has 0 atom stereocenters. The Kier molecular flexibility index (Phi) is 3.44. The predicted octanol–water partition coefficient (Wildman–Crippen LogP) is 0.871. The molecule has 0 fully saturated rings. The number of hydrogen-bond acceptors (Lipinski definition) is 3. The van der Waals surface area contributed by atoms with Crippen molar-refractivity contribution in [2.45, 2.75) is 0 Å². The van der Waals surface area contributed by atoms with Crippen LogP contribution in [0.1, 0.15) is 0 Å². The van der Waals surface area contributed by atoms with E-state index < -0.39 is 0 Å². The highest BCUT2D eigenvalue weighted by Crippen LogP contribution is 2.22. The Balaban J connectivity index is 1.91. The standard InChI is InChI=1S/C11H14N4O2/c1-12-11(16)13-5-6-17-9-4-2-3-8-7-14-15-10(8)9/h2-4,7H,5-6H2,1H3,(H,14,15)(H2,12,13,16). The minimum absolute atomic E-state index is 0.214. The largest absolute Gasteiger partial charge is 0.489 e. The van der Waals surface area contributed by atoms with Gasteiger partial charge in [-0.15, -0.1) is 0 Å². The smallest absolute Gasteiger partial charge is 0.314 e. The maximum Gasteiger partial charge on any atom is 0.314 e. The van der Waals surface area contributed by atoms with Crippen molar-refractivity contribution in [3.8, 4) is 5.75 Å². The molecule has 90 valence electrons. The Hall–Kier alpha value is -2.24. The molecule has 2 aromatic rings. The number of aromatic nitrogens is 2. The van der Waals surface area contributed by atoms with Crippen LogP contribution in [0.4, 0.5) is 4.79 Å². The molecule has 0 saturated heterocycles. The number of urea groups is 1. The molecule has 0 aliphatic rings. The van der Waals surface area contributed by atoms with Crippen molar-refractivity contribution >= 4 is 16.9 Å². The van der Waals surface area contributed by atoms with Gasteiger partial charge in [-0.1, -0.05) is 12.1 Å². The second kappa shape index (κ2) is 5.20. The van der Waals surface area contributed by atoms with E-state index in [1.54, 1.807) is 13.2 Å². The van der Waals surface area contributed by atoms with Crippen molar-refractivity contribution in [3.63, 3.8) is 0 Å². The maximum atomic E-state index is 10.9. The van der Waals surface area contributed by atoms with Gasteiger partial charge in [0, 0.05) is 12.4 Å². The lowest BCUT2D eigenvalue weighted by molar-refractivity contribution is 0.238. The van der Waals surface area contributed by atoms with E-state index in [0.29, 0.717) is 13.2 Å². The van der Waals surface area contributed by atoms with E-state index in [1.165, 1.54) is 0 Å². The zero-order valence-corrected chi connectivity index (χ0v) is 9.49. The van der Waals surface area contributed by atoms with Gasteiger partial charge in [-0.3, -0.25) is 5.10 Å². The van der Waals surface area contributed by atoms with E-state index in [0.717, 1.165) is 16.7 Å². The molecule has 0 bridgehead atoms. The number of benzene rings is 1. The lowest BCUT2D eigenvalue weighted by Crippen LogP contribution is -2.35. The highest BCUT2D eigenvalue weighted by molar-refractivity contribution is 5.83. The Morgan fingerprint density at radius 3 is 3.24 bits per heavy atom. The third-order valence-electron chi connectivity index (χ3n) is 2.31. The van der Waals surface area contributed by atoms with Crippen LogP contribution in [-0.4, -0.2) is 36.4 Å². The highest BCUT2D eigenvalue weighted by Gasteiger charge is 2.03. The Bertz CT molecular complexity index is 509. The molecule has 1 heterocycles. The summed E-state index contributed by atoms with van der Waals surface area (Å²) >= 11 is 0. The van der Waals surface area contributed by atoms with Crippen molar-refractivity contribution < 1.29 is 9.53 Å². The third-order valence-corrected chi connectivity index (χ3v) is 2.31. The van der Waals surface area contributed by atoms with Gasteiger partial charge in [0.25, 0.3) is 0 Å². The van der Waals surface area contributed by atoms with E-state index in [9.17, 15) is 4.79 Å². The number of rotatable bonds is 4. The summed E-state index contributed by atoms with van der Waals surface area (Å²) in [4.78, 5) is 10.9. The maximum absolute atomic E-state index is 10.9. The minimum Gasteiger partial charge on any atom is -0.489 e. The summed E-state index contributed by atoms with van der Waals surface area (Å²) in [5.74, 6) is 0.735. The summed E-state index contributed by atoms with van der Waals surface area (Å²) in [6, 6.07) is 5.50. The van der Waals surface area contributed by atoms with E-state index in [2.05, 4.69) is 20.8 Å². The summed E-state index contributed by atoms with van der Waals surface area (Å²) in [7, 11) is 1.57. The number of nitrogens with one attached hydrogen (secondary N) is 3. The molecule has 0 aliphatic heterocycles. The van der Waals surface area contributed by atoms with Crippen molar-refractivity contribution in [2.24, 2.45) is 0 Å². The molecule has 1 aromatic heterocycles. The number of amides is 2. The van der Waals surface area contributed by atoms with Gasteiger partial charge in [-0.25, -0.2) is 4.79 Å². The predicted molar refractivity (Wildman–Crippen MR) is 64.0 cm³/mol. The molecule has 2 amide bonds. The van der Waals surface area contributed by atoms with Crippen molar-refractivity contribution in [2.75, 3.05) is 20.2 Å². The molecular weight excluding hydrogens is 220 g/mol. The van der Waals surface area contributed by atoms with Crippen LogP contribution in [0.3, 0.4) is 0 Å². The SMILES string of the molecule is CNC(=O)NCCOc1cccc2cn[nH]c12. The van der Waals surface area contributed by atoms with Gasteiger partial charge < -0.3 is 15.4 Å². The van der Waals surface area contributed by atoms with Crippen molar-refractivity contribution in [1.82, 2.24) is 20.8 Å². The van der Waals surface area contributed by atoms with Gasteiger partial charge in [-0.2, -0.15) is 5.10 Å². The number of aromatic amines is 1. The van der Waals surface area contributed by atoms with Gasteiger partial charge in [0.1, 0.15) is 17.9 Å². The minimum atomic E-state index is -0.214. The summed E-state index contributed by atoms with van der Waals surface area (Å²) < 4.78 is 5.56.